The Morgan fingerprint density at radius 2 is 2.05 bits per heavy atom. The number of aromatic carboxylic acids is 1. The van der Waals surface area contributed by atoms with Crippen LogP contribution in [0.2, 0.25) is 0 Å². The van der Waals surface area contributed by atoms with Crippen molar-refractivity contribution in [1.82, 2.24) is 5.32 Å². The van der Waals surface area contributed by atoms with Crippen molar-refractivity contribution in [2.75, 3.05) is 18.5 Å². The molecule has 0 bridgehead atoms. The van der Waals surface area contributed by atoms with E-state index in [4.69, 9.17) is 9.84 Å². The summed E-state index contributed by atoms with van der Waals surface area (Å²) >= 11 is 3.15. The molecule has 0 spiro atoms. The van der Waals surface area contributed by atoms with E-state index in [9.17, 15) is 9.59 Å². The maximum atomic E-state index is 11.8. The van der Waals surface area contributed by atoms with Crippen LogP contribution in [0.3, 0.4) is 0 Å². The van der Waals surface area contributed by atoms with Gasteiger partial charge in [-0.2, -0.15) is 0 Å². The Labute approximate surface area is 132 Å². The zero-order chi connectivity index (χ0) is 16.0. The first kappa shape index (κ1) is 17.5. The van der Waals surface area contributed by atoms with Gasteiger partial charge in [0, 0.05) is 23.3 Å². The zero-order valence-corrected chi connectivity index (χ0v) is 13.8. The fraction of sp³-hybridized carbons (Fsp3) is 0.429. The second-order valence-electron chi connectivity index (χ2n) is 5.00. The molecule has 0 aromatic heterocycles. The number of hydrogen-bond donors (Lipinski definition) is 3. The van der Waals surface area contributed by atoms with Crippen LogP contribution in [-0.4, -0.2) is 35.9 Å². The lowest BCUT2D eigenvalue weighted by Gasteiger charge is -2.24. The minimum atomic E-state index is -1.07. The van der Waals surface area contributed by atoms with Crippen molar-refractivity contribution in [3.8, 4) is 0 Å². The van der Waals surface area contributed by atoms with Crippen LogP contribution in [0.4, 0.5) is 10.5 Å². The Balaban J connectivity index is 2.63. The van der Waals surface area contributed by atoms with Crippen molar-refractivity contribution >= 4 is 33.6 Å². The number of amides is 2. The number of urea groups is 1. The molecule has 1 aromatic rings. The molecular weight excluding hydrogens is 340 g/mol. The summed E-state index contributed by atoms with van der Waals surface area (Å²) in [5.41, 5.74) is 0.0302. The Morgan fingerprint density at radius 1 is 1.38 bits per heavy atom. The lowest BCUT2D eigenvalue weighted by atomic mass is 10.1. The number of rotatable bonds is 6. The minimum absolute atomic E-state index is 0.0856. The van der Waals surface area contributed by atoms with Gasteiger partial charge in [0.1, 0.15) is 0 Å². The van der Waals surface area contributed by atoms with E-state index in [0.717, 1.165) is 0 Å². The van der Waals surface area contributed by atoms with Crippen LogP contribution in [0.1, 0.15) is 31.1 Å². The Morgan fingerprint density at radius 3 is 2.62 bits per heavy atom. The molecule has 2 amide bonds. The Kier molecular flexibility index (Phi) is 6.17. The van der Waals surface area contributed by atoms with E-state index in [1.54, 1.807) is 12.1 Å². The zero-order valence-electron chi connectivity index (χ0n) is 12.2. The van der Waals surface area contributed by atoms with Gasteiger partial charge >= 0.3 is 12.0 Å². The van der Waals surface area contributed by atoms with Gasteiger partial charge in [0.2, 0.25) is 0 Å². The molecule has 7 heteroatoms. The molecule has 6 nitrogen and oxygen atoms in total. The summed E-state index contributed by atoms with van der Waals surface area (Å²) in [5.74, 6) is -1.07. The minimum Gasteiger partial charge on any atom is -0.478 e. The Hall–Kier alpha value is -1.60. The normalized spacial score (nSPS) is 11.0. The summed E-state index contributed by atoms with van der Waals surface area (Å²) in [6, 6.07) is 4.16. The SMILES string of the molecule is CCOC(C)(C)CNC(=O)Nc1ccc(Br)c(C(=O)O)c1. The second-order valence-corrected chi connectivity index (χ2v) is 5.85. The summed E-state index contributed by atoms with van der Waals surface area (Å²) in [5, 5.41) is 14.3. The average molecular weight is 359 g/mol. The van der Waals surface area contributed by atoms with Gasteiger partial charge in [0.15, 0.2) is 0 Å². The van der Waals surface area contributed by atoms with E-state index >= 15 is 0 Å². The predicted octanol–water partition coefficient (Wildman–Crippen LogP) is 3.08. The summed E-state index contributed by atoms with van der Waals surface area (Å²) in [7, 11) is 0. The number of carbonyl (C=O) groups excluding carboxylic acids is 1. The average Bonchev–Trinajstić information content (AvgIpc) is 2.38. The van der Waals surface area contributed by atoms with E-state index in [0.29, 0.717) is 23.3 Å². The first-order valence-corrected chi connectivity index (χ1v) is 7.26. The van der Waals surface area contributed by atoms with E-state index in [1.807, 2.05) is 20.8 Å². The van der Waals surface area contributed by atoms with Gasteiger partial charge in [-0.1, -0.05) is 0 Å². The summed E-state index contributed by atoms with van der Waals surface area (Å²) < 4.78 is 5.93. The summed E-state index contributed by atoms with van der Waals surface area (Å²) in [6.07, 6.45) is 0. The predicted molar refractivity (Wildman–Crippen MR) is 83.8 cm³/mol. The number of hydrogen-bond acceptors (Lipinski definition) is 3. The molecule has 0 heterocycles. The molecule has 21 heavy (non-hydrogen) atoms. The molecule has 0 aliphatic carbocycles. The molecule has 0 aliphatic rings. The van der Waals surface area contributed by atoms with Crippen LogP contribution in [0.5, 0.6) is 0 Å². The number of halogens is 1. The molecule has 0 saturated carbocycles. The maximum absolute atomic E-state index is 11.8. The van der Waals surface area contributed by atoms with Gasteiger partial charge in [0.05, 0.1) is 11.2 Å². The molecule has 116 valence electrons. The maximum Gasteiger partial charge on any atom is 0.336 e. The first-order valence-electron chi connectivity index (χ1n) is 6.47. The van der Waals surface area contributed by atoms with Gasteiger partial charge in [-0.25, -0.2) is 9.59 Å². The molecule has 0 atom stereocenters. The number of benzene rings is 1. The van der Waals surface area contributed by atoms with E-state index in [2.05, 4.69) is 26.6 Å². The molecule has 1 rings (SSSR count). The number of carbonyl (C=O) groups is 2. The topological polar surface area (TPSA) is 87.7 Å². The van der Waals surface area contributed by atoms with E-state index < -0.39 is 17.6 Å². The molecule has 0 saturated heterocycles. The van der Waals surface area contributed by atoms with Crippen LogP contribution in [-0.2, 0) is 4.74 Å². The number of nitrogens with one attached hydrogen (secondary N) is 2. The highest BCUT2D eigenvalue weighted by atomic mass is 79.9. The molecule has 3 N–H and O–H groups in total. The smallest absolute Gasteiger partial charge is 0.336 e. The van der Waals surface area contributed by atoms with Gasteiger partial charge in [-0.05, 0) is 54.9 Å². The van der Waals surface area contributed by atoms with Crippen LogP contribution < -0.4 is 10.6 Å². The highest BCUT2D eigenvalue weighted by Crippen LogP contribution is 2.21. The number of anilines is 1. The van der Waals surface area contributed by atoms with Crippen LogP contribution in [0.15, 0.2) is 22.7 Å². The number of carboxylic acid groups (broad SMARTS) is 1. The third-order valence-corrected chi connectivity index (χ3v) is 3.36. The van der Waals surface area contributed by atoms with Crippen LogP contribution in [0.25, 0.3) is 0 Å². The van der Waals surface area contributed by atoms with Crippen molar-refractivity contribution in [3.05, 3.63) is 28.2 Å². The standard InChI is InChI=1S/C14H19BrN2O4/c1-4-21-14(2,3)8-16-13(20)17-9-5-6-11(15)10(7-9)12(18)19/h5-7H,4,8H2,1-3H3,(H,18,19)(H2,16,17,20). The van der Waals surface area contributed by atoms with Crippen molar-refractivity contribution in [1.29, 1.82) is 0 Å². The summed E-state index contributed by atoms with van der Waals surface area (Å²) in [4.78, 5) is 22.8. The molecule has 0 fully saturated rings. The first-order chi connectivity index (χ1) is 9.75. The number of ether oxygens (including phenoxy) is 1. The van der Waals surface area contributed by atoms with Gasteiger partial charge in [-0.15, -0.1) is 0 Å². The van der Waals surface area contributed by atoms with E-state index in [1.165, 1.54) is 6.07 Å². The fourth-order valence-corrected chi connectivity index (χ4v) is 2.09. The molecule has 0 unspecified atom stereocenters. The van der Waals surface area contributed by atoms with Gasteiger partial charge in [0.25, 0.3) is 0 Å². The third-order valence-electron chi connectivity index (χ3n) is 2.66. The molecular formula is C14H19BrN2O4. The quantitative estimate of drug-likeness (QED) is 0.728. The number of carboxylic acids is 1. The van der Waals surface area contributed by atoms with Gasteiger partial charge < -0.3 is 20.5 Å². The lowest BCUT2D eigenvalue weighted by molar-refractivity contribution is -0.00663. The highest BCUT2D eigenvalue weighted by molar-refractivity contribution is 9.10. The second kappa shape index (κ2) is 7.42. The van der Waals surface area contributed by atoms with Crippen molar-refractivity contribution < 1.29 is 19.4 Å². The highest BCUT2D eigenvalue weighted by Gasteiger charge is 2.18. The van der Waals surface area contributed by atoms with Crippen molar-refractivity contribution in [3.63, 3.8) is 0 Å². The molecule has 0 radical (unpaired) electrons. The van der Waals surface area contributed by atoms with Crippen LogP contribution >= 0.6 is 15.9 Å². The lowest BCUT2D eigenvalue weighted by Crippen LogP contribution is -2.42. The fourth-order valence-electron chi connectivity index (χ4n) is 1.68. The van der Waals surface area contributed by atoms with Crippen molar-refractivity contribution in [2.45, 2.75) is 26.4 Å². The van der Waals surface area contributed by atoms with E-state index in [-0.39, 0.29) is 5.56 Å². The largest absolute Gasteiger partial charge is 0.478 e. The summed E-state index contributed by atoms with van der Waals surface area (Å²) in [6.45, 7) is 6.54. The van der Waals surface area contributed by atoms with Crippen molar-refractivity contribution in [2.24, 2.45) is 0 Å². The third kappa shape index (κ3) is 5.73. The molecule has 0 aliphatic heterocycles. The Bertz CT molecular complexity index is 532. The molecule has 1 aromatic carbocycles. The van der Waals surface area contributed by atoms with Gasteiger partial charge in [-0.3, -0.25) is 0 Å². The van der Waals surface area contributed by atoms with Crippen LogP contribution in [0, 0.1) is 0 Å². The monoisotopic (exact) mass is 358 g/mol.